The van der Waals surface area contributed by atoms with E-state index in [0.29, 0.717) is 53.7 Å². The molecule has 1 spiro atoms. The summed E-state index contributed by atoms with van der Waals surface area (Å²) in [6.45, 7) is 1.03. The highest BCUT2D eigenvalue weighted by molar-refractivity contribution is 6.42. The van der Waals surface area contributed by atoms with E-state index < -0.39 is 11.6 Å². The Hall–Kier alpha value is -1.79. The van der Waals surface area contributed by atoms with Gasteiger partial charge in [0.15, 0.2) is 5.71 Å². The lowest BCUT2D eigenvalue weighted by Gasteiger charge is -2.37. The van der Waals surface area contributed by atoms with Gasteiger partial charge in [0.2, 0.25) is 0 Å². The van der Waals surface area contributed by atoms with Crippen LogP contribution in [0.1, 0.15) is 29.6 Å². The quantitative estimate of drug-likeness (QED) is 0.750. The van der Waals surface area contributed by atoms with E-state index in [1.54, 1.807) is 23.1 Å². The number of hydrogen-bond acceptors (Lipinski definition) is 5. The molecule has 0 N–H and O–H groups in total. The maximum Gasteiger partial charge on any atom is 0.355 e. The number of methoxy groups -OCH3 is 1. The molecule has 24 heavy (non-hydrogen) atoms. The molecule has 128 valence electrons. The first-order valence-corrected chi connectivity index (χ1v) is 8.27. The van der Waals surface area contributed by atoms with Crippen LogP contribution >= 0.6 is 23.2 Å². The van der Waals surface area contributed by atoms with E-state index in [-0.39, 0.29) is 5.91 Å². The summed E-state index contributed by atoms with van der Waals surface area (Å²) in [5.41, 5.74) is 0.277. The maximum absolute atomic E-state index is 12.6. The molecule has 1 amide bonds. The Kier molecular flexibility index (Phi) is 4.69. The van der Waals surface area contributed by atoms with Crippen molar-refractivity contribution < 1.29 is 19.2 Å². The van der Waals surface area contributed by atoms with Crippen LogP contribution in [0.15, 0.2) is 23.4 Å². The van der Waals surface area contributed by atoms with Crippen molar-refractivity contribution >= 4 is 40.8 Å². The third-order valence-electron chi connectivity index (χ3n) is 4.39. The number of hydrogen-bond donors (Lipinski definition) is 0. The van der Waals surface area contributed by atoms with Crippen molar-refractivity contribution in [3.05, 3.63) is 33.8 Å². The molecule has 1 fully saturated rings. The molecule has 8 heteroatoms. The van der Waals surface area contributed by atoms with Gasteiger partial charge in [-0.3, -0.25) is 4.79 Å². The maximum atomic E-state index is 12.6. The third kappa shape index (κ3) is 3.21. The number of nitrogens with zero attached hydrogens (tertiary/aromatic N) is 2. The minimum Gasteiger partial charge on any atom is -0.464 e. The summed E-state index contributed by atoms with van der Waals surface area (Å²) in [7, 11) is 1.31. The summed E-state index contributed by atoms with van der Waals surface area (Å²) in [5.74, 6) is -0.572. The van der Waals surface area contributed by atoms with Crippen molar-refractivity contribution in [1.29, 1.82) is 0 Å². The van der Waals surface area contributed by atoms with Gasteiger partial charge in [0.05, 0.1) is 17.2 Å². The number of amides is 1. The van der Waals surface area contributed by atoms with Gasteiger partial charge in [-0.15, -0.1) is 0 Å². The highest BCUT2D eigenvalue weighted by Crippen LogP contribution is 2.35. The van der Waals surface area contributed by atoms with Crippen LogP contribution < -0.4 is 0 Å². The number of likely N-dealkylation sites (tertiary alicyclic amines) is 1. The van der Waals surface area contributed by atoms with Gasteiger partial charge < -0.3 is 14.5 Å². The second kappa shape index (κ2) is 6.61. The predicted molar refractivity (Wildman–Crippen MR) is 89.5 cm³/mol. The fourth-order valence-electron chi connectivity index (χ4n) is 2.95. The molecule has 3 rings (SSSR count). The lowest BCUT2D eigenvalue weighted by atomic mass is 9.86. The minimum absolute atomic E-state index is 0.101. The smallest absolute Gasteiger partial charge is 0.355 e. The molecule has 2 aliphatic rings. The number of carbonyl (C=O) groups is 2. The van der Waals surface area contributed by atoms with Crippen LogP contribution in [0.3, 0.4) is 0 Å². The summed E-state index contributed by atoms with van der Waals surface area (Å²) < 4.78 is 4.67. The van der Waals surface area contributed by atoms with E-state index in [1.807, 2.05) is 0 Å². The summed E-state index contributed by atoms with van der Waals surface area (Å²) >= 11 is 11.9. The minimum atomic E-state index is -0.516. The van der Waals surface area contributed by atoms with Crippen molar-refractivity contribution in [2.24, 2.45) is 5.16 Å². The summed E-state index contributed by atoms with van der Waals surface area (Å²) in [6.07, 6.45) is 1.61. The third-order valence-corrected chi connectivity index (χ3v) is 5.13. The second-order valence-corrected chi connectivity index (χ2v) is 6.72. The molecular weight excluding hydrogens is 355 g/mol. The van der Waals surface area contributed by atoms with E-state index >= 15 is 0 Å². The summed E-state index contributed by atoms with van der Waals surface area (Å²) in [6, 6.07) is 4.84. The first-order chi connectivity index (χ1) is 11.4. The largest absolute Gasteiger partial charge is 0.464 e. The average molecular weight is 371 g/mol. The van der Waals surface area contributed by atoms with Gasteiger partial charge in [-0.1, -0.05) is 28.4 Å². The fraction of sp³-hybridized carbons (Fsp3) is 0.438. The van der Waals surface area contributed by atoms with Crippen LogP contribution in [0, 0.1) is 0 Å². The number of piperidine rings is 1. The number of carbonyl (C=O) groups excluding carboxylic acids is 2. The van der Waals surface area contributed by atoms with Crippen molar-refractivity contribution in [2.75, 3.05) is 20.2 Å². The molecule has 0 aromatic heterocycles. The van der Waals surface area contributed by atoms with Crippen molar-refractivity contribution in [2.45, 2.75) is 24.9 Å². The molecule has 1 aromatic carbocycles. The van der Waals surface area contributed by atoms with E-state index in [1.165, 1.54) is 7.11 Å². The number of ether oxygens (including phenoxy) is 1. The van der Waals surface area contributed by atoms with Gasteiger partial charge in [0.1, 0.15) is 5.60 Å². The lowest BCUT2D eigenvalue weighted by molar-refractivity contribution is -0.132. The van der Waals surface area contributed by atoms with Crippen LogP contribution in [0.2, 0.25) is 10.0 Å². The molecule has 0 aliphatic carbocycles. The normalized spacial score (nSPS) is 19.0. The van der Waals surface area contributed by atoms with Crippen LogP contribution in [0.25, 0.3) is 0 Å². The zero-order chi connectivity index (χ0) is 17.3. The average Bonchev–Trinajstić information content (AvgIpc) is 3.00. The Labute approximate surface area is 149 Å². The predicted octanol–water partition coefficient (Wildman–Crippen LogP) is 2.92. The molecule has 0 radical (unpaired) electrons. The van der Waals surface area contributed by atoms with Gasteiger partial charge in [-0.2, -0.15) is 0 Å². The molecule has 1 saturated heterocycles. The standard InChI is InChI=1S/C16H16Cl2N2O4/c1-23-15(22)13-9-16(24-19-13)4-6-20(7-5-16)14(21)10-2-3-11(17)12(18)8-10/h2-3,8H,4-7,9H2,1H3. The second-order valence-electron chi connectivity index (χ2n) is 5.90. The highest BCUT2D eigenvalue weighted by atomic mass is 35.5. The number of rotatable bonds is 2. The van der Waals surface area contributed by atoms with Crippen molar-refractivity contribution in [3.8, 4) is 0 Å². The van der Waals surface area contributed by atoms with Gasteiger partial charge >= 0.3 is 5.97 Å². The molecule has 0 unspecified atom stereocenters. The van der Waals surface area contributed by atoms with Gasteiger partial charge in [0.25, 0.3) is 5.91 Å². The van der Waals surface area contributed by atoms with Gasteiger partial charge in [-0.25, -0.2) is 4.79 Å². The van der Waals surface area contributed by atoms with Crippen molar-refractivity contribution in [3.63, 3.8) is 0 Å². The number of halogens is 2. The zero-order valence-corrected chi connectivity index (χ0v) is 14.6. The van der Waals surface area contributed by atoms with E-state index in [0.717, 1.165) is 0 Å². The molecule has 1 aromatic rings. The number of oxime groups is 1. The first-order valence-electron chi connectivity index (χ1n) is 7.52. The number of benzene rings is 1. The molecule has 0 saturated carbocycles. The van der Waals surface area contributed by atoms with E-state index in [4.69, 9.17) is 28.0 Å². The van der Waals surface area contributed by atoms with Crippen LogP contribution in [0.5, 0.6) is 0 Å². The van der Waals surface area contributed by atoms with Gasteiger partial charge in [0, 0.05) is 37.9 Å². The van der Waals surface area contributed by atoms with E-state index in [2.05, 4.69) is 9.89 Å². The van der Waals surface area contributed by atoms with Gasteiger partial charge in [-0.05, 0) is 18.2 Å². The monoisotopic (exact) mass is 370 g/mol. The van der Waals surface area contributed by atoms with Crippen LogP contribution in [-0.2, 0) is 14.4 Å². The Morgan fingerprint density at radius 2 is 1.96 bits per heavy atom. The van der Waals surface area contributed by atoms with Crippen LogP contribution in [0.4, 0.5) is 0 Å². The molecule has 6 nitrogen and oxygen atoms in total. The lowest BCUT2D eigenvalue weighted by Crippen LogP contribution is -2.47. The molecule has 2 heterocycles. The fourth-order valence-corrected chi connectivity index (χ4v) is 3.24. The highest BCUT2D eigenvalue weighted by Gasteiger charge is 2.44. The molecular formula is C16H16Cl2N2O4. The summed E-state index contributed by atoms with van der Waals surface area (Å²) in [4.78, 5) is 31.3. The Balaban J connectivity index is 1.62. The Morgan fingerprint density at radius 1 is 1.25 bits per heavy atom. The SMILES string of the molecule is COC(=O)C1=NOC2(CCN(C(=O)c3ccc(Cl)c(Cl)c3)CC2)C1. The molecule has 0 bridgehead atoms. The molecule has 2 aliphatic heterocycles. The first kappa shape index (κ1) is 17.0. The Morgan fingerprint density at radius 3 is 2.58 bits per heavy atom. The summed E-state index contributed by atoms with van der Waals surface area (Å²) in [5, 5.41) is 4.61. The number of esters is 1. The molecule has 0 atom stereocenters. The zero-order valence-electron chi connectivity index (χ0n) is 13.1. The van der Waals surface area contributed by atoms with E-state index in [9.17, 15) is 9.59 Å². The topological polar surface area (TPSA) is 68.2 Å². The Bertz CT molecular complexity index is 712. The van der Waals surface area contributed by atoms with Crippen LogP contribution in [-0.4, -0.2) is 48.3 Å². The van der Waals surface area contributed by atoms with Crippen molar-refractivity contribution in [1.82, 2.24) is 4.90 Å².